The number of rotatable bonds is 3. The molecule has 7 nitrogen and oxygen atoms in total. The first kappa shape index (κ1) is 11.2. The van der Waals surface area contributed by atoms with Gasteiger partial charge >= 0.3 is 5.97 Å². The molecule has 1 amide bonds. The minimum Gasteiger partial charge on any atom is -0.480 e. The second-order valence-corrected chi connectivity index (χ2v) is 4.81. The minimum atomic E-state index is -0.959. The summed E-state index contributed by atoms with van der Waals surface area (Å²) in [6.45, 7) is 0.461. The molecule has 0 radical (unpaired) electrons. The first-order chi connectivity index (χ1) is 8.66. The molecule has 1 aromatic heterocycles. The molecule has 1 atom stereocenters. The van der Waals surface area contributed by atoms with Gasteiger partial charge in [0.1, 0.15) is 11.9 Å². The first-order valence-electron chi connectivity index (χ1n) is 6.13. The van der Waals surface area contributed by atoms with Gasteiger partial charge in [-0.3, -0.25) is 9.89 Å². The van der Waals surface area contributed by atoms with Gasteiger partial charge in [-0.15, -0.1) is 5.10 Å². The number of aliphatic carboxylic acids is 1. The molecule has 1 aliphatic heterocycles. The zero-order valence-electron chi connectivity index (χ0n) is 9.80. The number of hydrogen-bond acceptors (Lipinski definition) is 4. The minimum absolute atomic E-state index is 0.0880. The Morgan fingerprint density at radius 1 is 1.33 bits per heavy atom. The summed E-state index contributed by atoms with van der Waals surface area (Å²) in [4.78, 5) is 28.7. The van der Waals surface area contributed by atoms with E-state index in [1.165, 1.54) is 4.90 Å². The van der Waals surface area contributed by atoms with Crippen LogP contribution >= 0.6 is 0 Å². The fourth-order valence-electron chi connectivity index (χ4n) is 2.30. The summed E-state index contributed by atoms with van der Waals surface area (Å²) < 4.78 is 0. The average Bonchev–Trinajstić information content (AvgIpc) is 2.92. The molecule has 3 rings (SSSR count). The normalized spacial score (nSPS) is 23.3. The Morgan fingerprint density at radius 3 is 2.78 bits per heavy atom. The first-order valence-corrected chi connectivity index (χ1v) is 6.13. The van der Waals surface area contributed by atoms with Crippen molar-refractivity contribution >= 4 is 11.9 Å². The Kier molecular flexibility index (Phi) is 2.53. The van der Waals surface area contributed by atoms with E-state index in [0.29, 0.717) is 25.3 Å². The van der Waals surface area contributed by atoms with Crippen LogP contribution in [-0.2, 0) is 4.79 Å². The van der Waals surface area contributed by atoms with Gasteiger partial charge in [-0.1, -0.05) is 0 Å². The number of amides is 1. The van der Waals surface area contributed by atoms with Gasteiger partial charge in [0.25, 0.3) is 5.91 Å². The lowest BCUT2D eigenvalue weighted by Crippen LogP contribution is -2.40. The molecule has 2 heterocycles. The van der Waals surface area contributed by atoms with Crippen molar-refractivity contribution in [2.75, 3.05) is 6.54 Å². The van der Waals surface area contributed by atoms with Crippen LogP contribution in [0.2, 0.25) is 0 Å². The number of nitrogens with zero attached hydrogens (tertiary/aromatic N) is 3. The largest absolute Gasteiger partial charge is 0.480 e. The number of aromatic amines is 1. The van der Waals surface area contributed by atoms with Crippen LogP contribution < -0.4 is 0 Å². The predicted octanol–water partition coefficient (Wildman–Crippen LogP) is 0.371. The maximum Gasteiger partial charge on any atom is 0.326 e. The van der Waals surface area contributed by atoms with Crippen LogP contribution in [0.5, 0.6) is 0 Å². The van der Waals surface area contributed by atoms with Crippen molar-refractivity contribution in [1.29, 1.82) is 0 Å². The number of carboxylic acid groups (broad SMARTS) is 1. The molecule has 0 bridgehead atoms. The van der Waals surface area contributed by atoms with Crippen molar-refractivity contribution < 1.29 is 14.7 Å². The average molecular weight is 250 g/mol. The maximum atomic E-state index is 12.1. The molecule has 1 unspecified atom stereocenters. The van der Waals surface area contributed by atoms with Gasteiger partial charge in [0.05, 0.1) is 0 Å². The zero-order chi connectivity index (χ0) is 12.7. The summed E-state index contributed by atoms with van der Waals surface area (Å²) in [6.07, 6.45) is 3.36. The van der Waals surface area contributed by atoms with Gasteiger partial charge < -0.3 is 10.0 Å². The predicted molar refractivity (Wildman–Crippen MR) is 60.1 cm³/mol. The summed E-state index contributed by atoms with van der Waals surface area (Å²) in [7, 11) is 0. The van der Waals surface area contributed by atoms with Gasteiger partial charge in [0.15, 0.2) is 0 Å². The third-order valence-electron chi connectivity index (χ3n) is 3.46. The molecule has 1 aliphatic carbocycles. The number of carboxylic acids is 1. The van der Waals surface area contributed by atoms with Crippen molar-refractivity contribution in [3.8, 4) is 0 Å². The van der Waals surface area contributed by atoms with Crippen molar-refractivity contribution in [3.63, 3.8) is 0 Å². The van der Waals surface area contributed by atoms with Gasteiger partial charge in [-0.2, -0.15) is 0 Å². The molecule has 0 spiro atoms. The van der Waals surface area contributed by atoms with E-state index in [-0.39, 0.29) is 11.7 Å². The molecule has 96 valence electrons. The van der Waals surface area contributed by atoms with Crippen LogP contribution in [0.25, 0.3) is 0 Å². The summed E-state index contributed by atoms with van der Waals surface area (Å²) in [5.41, 5.74) is 0. The van der Waals surface area contributed by atoms with E-state index in [2.05, 4.69) is 15.2 Å². The summed E-state index contributed by atoms with van der Waals surface area (Å²) in [5.74, 6) is -0.121. The number of aromatic nitrogens is 3. The van der Waals surface area contributed by atoms with Crippen LogP contribution in [0.3, 0.4) is 0 Å². The highest BCUT2D eigenvalue weighted by molar-refractivity contribution is 5.93. The zero-order valence-corrected chi connectivity index (χ0v) is 9.80. The molecule has 7 heteroatoms. The van der Waals surface area contributed by atoms with E-state index in [4.69, 9.17) is 5.11 Å². The van der Waals surface area contributed by atoms with Gasteiger partial charge in [-0.25, -0.2) is 9.78 Å². The van der Waals surface area contributed by atoms with Crippen molar-refractivity contribution in [1.82, 2.24) is 20.1 Å². The third kappa shape index (κ3) is 1.85. The van der Waals surface area contributed by atoms with E-state index in [9.17, 15) is 9.59 Å². The van der Waals surface area contributed by atoms with Crippen molar-refractivity contribution in [2.24, 2.45) is 0 Å². The lowest BCUT2D eigenvalue weighted by molar-refractivity contribution is -0.141. The topological polar surface area (TPSA) is 99.2 Å². The second kappa shape index (κ2) is 4.08. The van der Waals surface area contributed by atoms with Gasteiger partial charge in [0, 0.05) is 12.5 Å². The van der Waals surface area contributed by atoms with Crippen LogP contribution in [0, 0.1) is 0 Å². The molecule has 2 N–H and O–H groups in total. The highest BCUT2D eigenvalue weighted by Gasteiger charge is 2.36. The fourth-order valence-corrected chi connectivity index (χ4v) is 2.30. The standard InChI is InChI=1S/C11H14N4O3/c16-10(15-5-1-2-7(15)11(17)18)9-12-8(13-14-9)6-3-4-6/h6-7H,1-5H2,(H,17,18)(H,12,13,14). The number of hydrogen-bond donors (Lipinski definition) is 2. The number of H-pyrrole nitrogens is 1. The number of nitrogens with one attached hydrogen (secondary N) is 1. The molecule has 1 saturated carbocycles. The van der Waals surface area contributed by atoms with Crippen molar-refractivity contribution in [2.45, 2.75) is 37.6 Å². The monoisotopic (exact) mass is 250 g/mol. The summed E-state index contributed by atoms with van der Waals surface area (Å²) in [6, 6.07) is -0.736. The number of likely N-dealkylation sites (tertiary alicyclic amines) is 1. The lowest BCUT2D eigenvalue weighted by atomic mass is 10.2. The van der Waals surface area contributed by atoms with E-state index in [0.717, 1.165) is 18.7 Å². The molecule has 2 aliphatic rings. The third-order valence-corrected chi connectivity index (χ3v) is 3.46. The van der Waals surface area contributed by atoms with E-state index >= 15 is 0 Å². The SMILES string of the molecule is O=C(O)C1CCCN1C(=O)c1n[nH]c(C2CC2)n1. The summed E-state index contributed by atoms with van der Waals surface area (Å²) >= 11 is 0. The highest BCUT2D eigenvalue weighted by Crippen LogP contribution is 2.37. The highest BCUT2D eigenvalue weighted by atomic mass is 16.4. The Balaban J connectivity index is 1.78. The molecule has 2 fully saturated rings. The number of carbonyl (C=O) groups is 2. The van der Waals surface area contributed by atoms with Crippen molar-refractivity contribution in [3.05, 3.63) is 11.6 Å². The molecule has 0 aromatic carbocycles. The smallest absolute Gasteiger partial charge is 0.326 e. The Labute approximate surface area is 103 Å². The molecular weight excluding hydrogens is 236 g/mol. The molecule has 18 heavy (non-hydrogen) atoms. The molecule has 1 saturated heterocycles. The van der Waals surface area contributed by atoms with Crippen LogP contribution in [0.15, 0.2) is 0 Å². The molecular formula is C11H14N4O3. The van der Waals surface area contributed by atoms with Gasteiger partial charge in [-0.05, 0) is 25.7 Å². The fraction of sp³-hybridized carbons (Fsp3) is 0.636. The maximum absolute atomic E-state index is 12.1. The van der Waals surface area contributed by atoms with E-state index in [1.807, 2.05) is 0 Å². The quantitative estimate of drug-likeness (QED) is 0.807. The van der Waals surface area contributed by atoms with E-state index in [1.54, 1.807) is 0 Å². The van der Waals surface area contributed by atoms with Crippen LogP contribution in [-0.4, -0.2) is 49.7 Å². The Hall–Kier alpha value is -1.92. The molecule has 1 aromatic rings. The Bertz CT molecular complexity index is 494. The van der Waals surface area contributed by atoms with Gasteiger partial charge in [0.2, 0.25) is 5.82 Å². The van der Waals surface area contributed by atoms with E-state index < -0.39 is 12.0 Å². The summed E-state index contributed by atoms with van der Waals surface area (Å²) in [5, 5.41) is 15.7. The Morgan fingerprint density at radius 2 is 2.11 bits per heavy atom. The van der Waals surface area contributed by atoms with Crippen LogP contribution in [0.1, 0.15) is 48.0 Å². The number of carbonyl (C=O) groups excluding carboxylic acids is 1. The van der Waals surface area contributed by atoms with Crippen LogP contribution in [0.4, 0.5) is 0 Å². The second-order valence-electron chi connectivity index (χ2n) is 4.81. The lowest BCUT2D eigenvalue weighted by Gasteiger charge is -2.19.